The van der Waals surface area contributed by atoms with Gasteiger partial charge in [0.1, 0.15) is 12.3 Å². The second kappa shape index (κ2) is 4.32. The Balaban J connectivity index is 1.66. The smallest absolute Gasteiger partial charge is 0.165 e. The van der Waals surface area contributed by atoms with Crippen LogP contribution in [-0.2, 0) is 11.8 Å². The summed E-state index contributed by atoms with van der Waals surface area (Å²) in [7, 11) is 0. The fourth-order valence-electron chi connectivity index (χ4n) is 6.63. The molecule has 0 aromatic heterocycles. The Hall–Kier alpha value is -1.33. The molecule has 5 aliphatic rings. The van der Waals surface area contributed by atoms with Crippen molar-refractivity contribution in [2.24, 2.45) is 0 Å². The Kier molecular flexibility index (Phi) is 2.55. The highest BCUT2D eigenvalue weighted by Gasteiger charge is 2.73. The number of rotatable bonds is 1. The zero-order chi connectivity index (χ0) is 17.1. The maximum absolute atomic E-state index is 15.0. The maximum Gasteiger partial charge on any atom is 0.165 e. The topological polar surface area (TPSA) is 52.9 Å². The summed E-state index contributed by atoms with van der Waals surface area (Å²) in [6.45, 7) is 2.90. The lowest BCUT2D eigenvalue weighted by Crippen LogP contribution is -2.77. The molecule has 25 heavy (non-hydrogen) atoms. The standard InChI is InChI=1S/C20H24FNO3/c1-10-8-14(23)17-16-12(10)9-15-20(24)5-4-13(21)18(25-17)19(16,20)6-7-22(15)11-2-3-11/h8,11,13,15,18,23-24H,2-7,9H2,1H3/t13-,15-,18+,19+,20-/m1/s1. The SMILES string of the molecule is Cc1cc(O)c2c3c1C[C@H]1N(C4CC4)CC[C@@]34[C@@H](O2)[C@H](F)CC[C@@]14O. The number of ether oxygens (including phenoxy) is 1. The third kappa shape index (κ3) is 1.49. The van der Waals surface area contributed by atoms with E-state index in [0.29, 0.717) is 31.1 Å². The van der Waals surface area contributed by atoms with Crippen molar-refractivity contribution < 1.29 is 19.3 Å². The van der Waals surface area contributed by atoms with E-state index in [0.717, 1.165) is 24.1 Å². The highest BCUT2D eigenvalue weighted by molar-refractivity contribution is 5.64. The molecule has 5 atom stereocenters. The predicted molar refractivity (Wildman–Crippen MR) is 89.9 cm³/mol. The van der Waals surface area contributed by atoms with Crippen molar-refractivity contribution in [2.75, 3.05) is 6.54 Å². The second-order valence-electron chi connectivity index (χ2n) is 8.82. The molecule has 2 saturated carbocycles. The number of aromatic hydroxyl groups is 1. The molecule has 1 spiro atoms. The fraction of sp³-hybridized carbons (Fsp3) is 0.700. The molecule has 3 fully saturated rings. The molecule has 3 aliphatic carbocycles. The molecule has 0 radical (unpaired) electrons. The molecule has 1 aromatic carbocycles. The van der Waals surface area contributed by atoms with Crippen LogP contribution in [0.4, 0.5) is 4.39 Å². The summed E-state index contributed by atoms with van der Waals surface area (Å²) >= 11 is 0. The van der Waals surface area contributed by atoms with Gasteiger partial charge in [-0.2, -0.15) is 0 Å². The third-order valence-corrected chi connectivity index (χ3v) is 7.80. The molecule has 2 aliphatic heterocycles. The quantitative estimate of drug-likeness (QED) is 0.820. The number of alkyl halides is 1. The van der Waals surface area contributed by atoms with Gasteiger partial charge < -0.3 is 14.9 Å². The van der Waals surface area contributed by atoms with Gasteiger partial charge in [0.2, 0.25) is 0 Å². The number of benzene rings is 1. The molecular formula is C20H24FNO3. The number of aliphatic hydroxyl groups is 1. The summed E-state index contributed by atoms with van der Waals surface area (Å²) < 4.78 is 21.0. The van der Waals surface area contributed by atoms with Gasteiger partial charge in [0.25, 0.3) is 0 Å². The van der Waals surface area contributed by atoms with Crippen molar-refractivity contribution in [3.63, 3.8) is 0 Å². The van der Waals surface area contributed by atoms with E-state index >= 15 is 0 Å². The van der Waals surface area contributed by atoms with Gasteiger partial charge in [0.05, 0.1) is 11.0 Å². The van der Waals surface area contributed by atoms with Crippen LogP contribution in [-0.4, -0.2) is 51.6 Å². The lowest BCUT2D eigenvalue weighted by molar-refractivity contribution is -0.200. The van der Waals surface area contributed by atoms with E-state index in [9.17, 15) is 14.6 Å². The van der Waals surface area contributed by atoms with Gasteiger partial charge in [-0.1, -0.05) is 0 Å². The predicted octanol–water partition coefficient (Wildman–Crippen LogP) is 2.36. The number of nitrogens with zero attached hydrogens (tertiary/aromatic N) is 1. The van der Waals surface area contributed by atoms with Gasteiger partial charge in [-0.3, -0.25) is 4.90 Å². The molecule has 1 aromatic rings. The summed E-state index contributed by atoms with van der Waals surface area (Å²) in [4.78, 5) is 2.49. The van der Waals surface area contributed by atoms with E-state index in [2.05, 4.69) is 4.90 Å². The Bertz CT molecular complexity index is 794. The summed E-state index contributed by atoms with van der Waals surface area (Å²) in [5, 5.41) is 22.5. The van der Waals surface area contributed by atoms with Crippen molar-refractivity contribution >= 4 is 0 Å². The van der Waals surface area contributed by atoms with Crippen LogP contribution >= 0.6 is 0 Å². The van der Waals surface area contributed by atoms with Gasteiger partial charge in [-0.15, -0.1) is 0 Å². The number of piperidine rings is 1. The van der Waals surface area contributed by atoms with Crippen LogP contribution in [0.5, 0.6) is 11.5 Å². The molecule has 2 N–H and O–H groups in total. The van der Waals surface area contributed by atoms with Crippen LogP contribution in [0.3, 0.4) is 0 Å². The van der Waals surface area contributed by atoms with Gasteiger partial charge >= 0.3 is 0 Å². The van der Waals surface area contributed by atoms with Crippen molar-refractivity contribution in [3.8, 4) is 11.5 Å². The first-order valence-electron chi connectivity index (χ1n) is 9.62. The molecular weight excluding hydrogens is 321 g/mol. The summed E-state index contributed by atoms with van der Waals surface area (Å²) in [6.07, 6.45) is 2.95. The minimum atomic E-state index is -1.09. The number of hydrogen-bond acceptors (Lipinski definition) is 4. The Morgan fingerprint density at radius 3 is 2.84 bits per heavy atom. The van der Waals surface area contributed by atoms with Crippen molar-refractivity contribution in [1.29, 1.82) is 0 Å². The normalized spacial score (nSPS) is 44.4. The zero-order valence-electron chi connectivity index (χ0n) is 14.5. The van der Waals surface area contributed by atoms with Crippen LogP contribution in [0, 0.1) is 6.92 Å². The molecule has 4 nitrogen and oxygen atoms in total. The molecule has 6 rings (SSSR count). The summed E-state index contributed by atoms with van der Waals surface area (Å²) in [5.41, 5.74) is 1.47. The van der Waals surface area contributed by atoms with E-state index in [1.807, 2.05) is 6.92 Å². The molecule has 1 saturated heterocycles. The average molecular weight is 345 g/mol. The van der Waals surface area contributed by atoms with Gasteiger partial charge in [0, 0.05) is 17.6 Å². The molecule has 0 unspecified atom stereocenters. The molecule has 2 heterocycles. The lowest BCUT2D eigenvalue weighted by atomic mass is 9.48. The van der Waals surface area contributed by atoms with Gasteiger partial charge in [-0.05, 0) is 69.2 Å². The van der Waals surface area contributed by atoms with Crippen LogP contribution in [0.1, 0.15) is 48.8 Å². The molecule has 134 valence electrons. The summed E-state index contributed by atoms with van der Waals surface area (Å²) in [6, 6.07) is 2.36. The van der Waals surface area contributed by atoms with Gasteiger partial charge in [-0.25, -0.2) is 4.39 Å². The number of likely N-dealkylation sites (tertiary alicyclic amines) is 1. The van der Waals surface area contributed by atoms with Crippen LogP contribution in [0.15, 0.2) is 6.07 Å². The Labute approximate surface area is 146 Å². The maximum atomic E-state index is 15.0. The first-order chi connectivity index (χ1) is 12.0. The molecule has 5 heteroatoms. The van der Waals surface area contributed by atoms with E-state index < -0.39 is 23.3 Å². The highest BCUT2D eigenvalue weighted by Crippen LogP contribution is 2.66. The minimum Gasteiger partial charge on any atom is -0.504 e. The number of hydrogen-bond donors (Lipinski definition) is 2. The summed E-state index contributed by atoms with van der Waals surface area (Å²) in [5.74, 6) is 0.532. The first kappa shape index (κ1) is 14.8. The monoisotopic (exact) mass is 345 g/mol. The van der Waals surface area contributed by atoms with E-state index in [1.165, 1.54) is 18.4 Å². The number of phenols is 1. The first-order valence-corrected chi connectivity index (χ1v) is 9.62. The van der Waals surface area contributed by atoms with Crippen molar-refractivity contribution in [2.45, 2.75) is 80.8 Å². The molecule has 0 amide bonds. The number of phenolic OH excluding ortho intramolecular Hbond substituents is 1. The Morgan fingerprint density at radius 2 is 2.08 bits per heavy atom. The lowest BCUT2D eigenvalue weighted by Gasteiger charge is -2.63. The van der Waals surface area contributed by atoms with Gasteiger partial charge in [0.15, 0.2) is 11.5 Å². The zero-order valence-corrected chi connectivity index (χ0v) is 14.5. The number of halogens is 1. The molecule has 2 bridgehead atoms. The highest BCUT2D eigenvalue weighted by atomic mass is 19.1. The van der Waals surface area contributed by atoms with Crippen LogP contribution in [0.25, 0.3) is 0 Å². The third-order valence-electron chi connectivity index (χ3n) is 7.80. The van der Waals surface area contributed by atoms with Crippen LogP contribution < -0.4 is 4.74 Å². The van der Waals surface area contributed by atoms with Crippen molar-refractivity contribution in [3.05, 3.63) is 22.8 Å². The van der Waals surface area contributed by atoms with E-state index in [1.54, 1.807) is 6.07 Å². The van der Waals surface area contributed by atoms with E-state index in [-0.39, 0.29) is 11.8 Å². The largest absolute Gasteiger partial charge is 0.504 e. The Morgan fingerprint density at radius 1 is 1.28 bits per heavy atom. The van der Waals surface area contributed by atoms with Crippen molar-refractivity contribution in [1.82, 2.24) is 4.90 Å². The van der Waals surface area contributed by atoms with E-state index in [4.69, 9.17) is 4.74 Å². The average Bonchev–Trinajstić information content (AvgIpc) is 3.33. The van der Waals surface area contributed by atoms with Crippen LogP contribution in [0.2, 0.25) is 0 Å². The fourth-order valence-corrected chi connectivity index (χ4v) is 6.63. The minimum absolute atomic E-state index is 0.0362. The number of aryl methyl sites for hydroxylation is 1. The second-order valence-corrected chi connectivity index (χ2v) is 8.82.